The van der Waals surface area contributed by atoms with Crippen LogP contribution in [-0.4, -0.2) is 53.5 Å². The molecule has 0 bridgehead atoms. The second kappa shape index (κ2) is 6.67. The topological polar surface area (TPSA) is 61.6 Å². The third-order valence-electron chi connectivity index (χ3n) is 3.34. The van der Waals surface area contributed by atoms with E-state index in [1.54, 1.807) is 0 Å². The van der Waals surface area contributed by atoms with Crippen molar-refractivity contribution in [3.05, 3.63) is 29.8 Å². The Hall–Kier alpha value is -1.66. The number of urea groups is 1. The van der Waals surface area contributed by atoms with Crippen molar-refractivity contribution in [3.63, 3.8) is 0 Å². The van der Waals surface area contributed by atoms with Gasteiger partial charge in [0, 0.05) is 38.4 Å². The summed E-state index contributed by atoms with van der Waals surface area (Å²) in [6.07, 6.45) is 0. The number of thiocarbonyl (C=S) groups is 1. The molecule has 5 nitrogen and oxygen atoms in total. The molecule has 1 aromatic carbocycles. The molecule has 20 heavy (non-hydrogen) atoms. The molecular weight excluding hydrogens is 272 g/mol. The third-order valence-corrected chi connectivity index (χ3v) is 3.47. The van der Waals surface area contributed by atoms with Gasteiger partial charge in [0.05, 0.1) is 4.99 Å². The van der Waals surface area contributed by atoms with Gasteiger partial charge in [-0.2, -0.15) is 0 Å². The number of hydrogen-bond acceptors (Lipinski definition) is 3. The minimum Gasteiger partial charge on any atom is -0.392 e. The monoisotopic (exact) mass is 292 g/mol. The average molecular weight is 292 g/mol. The van der Waals surface area contributed by atoms with E-state index in [1.165, 1.54) is 5.56 Å². The number of aryl methyl sites for hydroxylation is 1. The quantitative estimate of drug-likeness (QED) is 0.827. The lowest BCUT2D eigenvalue weighted by atomic mass is 10.2. The van der Waals surface area contributed by atoms with Crippen molar-refractivity contribution in [2.75, 3.05) is 38.0 Å². The van der Waals surface area contributed by atoms with Crippen LogP contribution >= 0.6 is 12.2 Å². The smallest absolute Gasteiger partial charge is 0.321 e. The van der Waals surface area contributed by atoms with E-state index in [4.69, 9.17) is 18.0 Å². The summed E-state index contributed by atoms with van der Waals surface area (Å²) in [7, 11) is 0. The van der Waals surface area contributed by atoms with Crippen LogP contribution in [0.5, 0.6) is 0 Å². The summed E-state index contributed by atoms with van der Waals surface area (Å²) >= 11 is 4.90. The highest BCUT2D eigenvalue weighted by atomic mass is 32.1. The average Bonchev–Trinajstić information content (AvgIpc) is 2.41. The van der Waals surface area contributed by atoms with Crippen LogP contribution < -0.4 is 11.1 Å². The summed E-state index contributed by atoms with van der Waals surface area (Å²) < 4.78 is 0. The van der Waals surface area contributed by atoms with Gasteiger partial charge in [-0.25, -0.2) is 4.79 Å². The summed E-state index contributed by atoms with van der Waals surface area (Å²) in [5.41, 5.74) is 7.53. The maximum Gasteiger partial charge on any atom is 0.321 e. The van der Waals surface area contributed by atoms with Crippen molar-refractivity contribution >= 4 is 28.9 Å². The largest absolute Gasteiger partial charge is 0.392 e. The molecular formula is C14H20N4OS. The van der Waals surface area contributed by atoms with Gasteiger partial charge in [0.2, 0.25) is 0 Å². The van der Waals surface area contributed by atoms with Gasteiger partial charge in [0.25, 0.3) is 0 Å². The summed E-state index contributed by atoms with van der Waals surface area (Å²) in [5.74, 6) is 0. The molecule has 108 valence electrons. The predicted octanol–water partition coefficient (Wildman–Crippen LogP) is 1.43. The van der Waals surface area contributed by atoms with Crippen molar-refractivity contribution < 1.29 is 4.79 Å². The lowest BCUT2D eigenvalue weighted by Crippen LogP contribution is -2.51. The zero-order valence-electron chi connectivity index (χ0n) is 11.6. The van der Waals surface area contributed by atoms with E-state index in [-0.39, 0.29) is 6.03 Å². The first-order valence-corrected chi connectivity index (χ1v) is 7.08. The van der Waals surface area contributed by atoms with E-state index in [9.17, 15) is 4.79 Å². The van der Waals surface area contributed by atoms with E-state index in [0.29, 0.717) is 24.6 Å². The second-order valence-corrected chi connectivity index (χ2v) is 5.55. The first-order chi connectivity index (χ1) is 9.54. The highest BCUT2D eigenvalue weighted by molar-refractivity contribution is 7.80. The van der Waals surface area contributed by atoms with E-state index in [0.717, 1.165) is 18.8 Å². The van der Waals surface area contributed by atoms with Gasteiger partial charge < -0.3 is 16.0 Å². The number of nitrogens with zero attached hydrogens (tertiary/aromatic N) is 2. The molecule has 1 aromatic rings. The Morgan fingerprint density at radius 2 is 1.85 bits per heavy atom. The van der Waals surface area contributed by atoms with E-state index in [2.05, 4.69) is 10.2 Å². The molecule has 0 saturated carbocycles. The molecule has 1 saturated heterocycles. The van der Waals surface area contributed by atoms with Crippen molar-refractivity contribution in [3.8, 4) is 0 Å². The van der Waals surface area contributed by atoms with E-state index < -0.39 is 0 Å². The molecule has 0 atom stereocenters. The van der Waals surface area contributed by atoms with Crippen LogP contribution in [0, 0.1) is 6.92 Å². The number of rotatable bonds is 3. The lowest BCUT2D eigenvalue weighted by Gasteiger charge is -2.34. The summed E-state index contributed by atoms with van der Waals surface area (Å²) in [6.45, 7) is 5.65. The standard InChI is InChI=1S/C14H20N4OS/c1-11-2-4-12(5-3-11)16-14(19)18-8-6-17(7-9-18)10-13(15)20/h2-5H,6-10H2,1H3,(H2,15,20)(H,16,19). The molecule has 0 aliphatic carbocycles. The lowest BCUT2D eigenvalue weighted by molar-refractivity contribution is 0.158. The van der Waals surface area contributed by atoms with Gasteiger partial charge >= 0.3 is 6.03 Å². The number of nitrogens with one attached hydrogen (secondary N) is 1. The molecule has 1 heterocycles. The van der Waals surface area contributed by atoms with Crippen LogP contribution in [0.25, 0.3) is 0 Å². The Bertz CT molecular complexity index is 480. The van der Waals surface area contributed by atoms with Crippen LogP contribution in [0.15, 0.2) is 24.3 Å². The minimum atomic E-state index is -0.0520. The molecule has 0 unspecified atom stereocenters. The fraction of sp³-hybridized carbons (Fsp3) is 0.429. The Kier molecular flexibility index (Phi) is 4.92. The number of hydrogen-bond donors (Lipinski definition) is 2. The van der Waals surface area contributed by atoms with Gasteiger partial charge in [0.15, 0.2) is 0 Å². The Morgan fingerprint density at radius 3 is 2.40 bits per heavy atom. The SMILES string of the molecule is Cc1ccc(NC(=O)N2CCN(CC(N)=S)CC2)cc1. The van der Waals surface area contributed by atoms with Crippen molar-refractivity contribution in [2.45, 2.75) is 6.92 Å². The Balaban J connectivity index is 1.82. The number of nitrogens with two attached hydrogens (primary N) is 1. The highest BCUT2D eigenvalue weighted by Gasteiger charge is 2.21. The number of benzene rings is 1. The van der Waals surface area contributed by atoms with E-state index in [1.807, 2.05) is 36.1 Å². The molecule has 2 rings (SSSR count). The molecule has 1 fully saturated rings. The highest BCUT2D eigenvalue weighted by Crippen LogP contribution is 2.10. The summed E-state index contributed by atoms with van der Waals surface area (Å²) in [5, 5.41) is 2.91. The number of anilines is 1. The molecule has 2 amide bonds. The van der Waals surface area contributed by atoms with Crippen molar-refractivity contribution in [2.24, 2.45) is 5.73 Å². The van der Waals surface area contributed by atoms with Crippen LogP contribution in [0.1, 0.15) is 5.56 Å². The predicted molar refractivity (Wildman–Crippen MR) is 85.0 cm³/mol. The first kappa shape index (κ1) is 14.7. The van der Waals surface area contributed by atoms with E-state index >= 15 is 0 Å². The van der Waals surface area contributed by atoms with Crippen LogP contribution in [0.4, 0.5) is 10.5 Å². The minimum absolute atomic E-state index is 0.0520. The summed E-state index contributed by atoms with van der Waals surface area (Å²) in [4.78, 5) is 16.6. The first-order valence-electron chi connectivity index (χ1n) is 6.68. The van der Waals surface area contributed by atoms with Crippen molar-refractivity contribution in [1.29, 1.82) is 0 Å². The normalized spacial score (nSPS) is 15.9. The number of carbonyl (C=O) groups excluding carboxylic acids is 1. The number of amides is 2. The van der Waals surface area contributed by atoms with Gasteiger partial charge in [-0.3, -0.25) is 4.90 Å². The van der Waals surface area contributed by atoms with Gasteiger partial charge in [0.1, 0.15) is 0 Å². The zero-order chi connectivity index (χ0) is 14.5. The molecule has 1 aliphatic rings. The van der Waals surface area contributed by atoms with Crippen LogP contribution in [0.3, 0.4) is 0 Å². The molecule has 0 aromatic heterocycles. The number of piperazine rings is 1. The zero-order valence-corrected chi connectivity index (χ0v) is 12.4. The van der Waals surface area contributed by atoms with Crippen molar-refractivity contribution in [1.82, 2.24) is 9.80 Å². The van der Waals surface area contributed by atoms with Gasteiger partial charge in [-0.15, -0.1) is 0 Å². The van der Waals surface area contributed by atoms with Crippen LogP contribution in [-0.2, 0) is 0 Å². The van der Waals surface area contributed by atoms with Crippen LogP contribution in [0.2, 0.25) is 0 Å². The molecule has 0 spiro atoms. The fourth-order valence-corrected chi connectivity index (χ4v) is 2.35. The van der Waals surface area contributed by atoms with Gasteiger partial charge in [-0.1, -0.05) is 29.9 Å². The molecule has 1 aliphatic heterocycles. The maximum atomic E-state index is 12.1. The molecule has 3 N–H and O–H groups in total. The summed E-state index contributed by atoms with van der Waals surface area (Å²) in [6, 6.07) is 7.74. The second-order valence-electron chi connectivity index (χ2n) is 5.03. The maximum absolute atomic E-state index is 12.1. The Labute approximate surface area is 124 Å². The third kappa shape index (κ3) is 4.18. The molecule has 0 radical (unpaired) electrons. The molecule has 6 heteroatoms. The number of carbonyl (C=O) groups is 1. The Morgan fingerprint density at radius 1 is 1.25 bits per heavy atom. The van der Waals surface area contributed by atoms with Gasteiger partial charge in [-0.05, 0) is 19.1 Å². The fourth-order valence-electron chi connectivity index (χ4n) is 2.17.